The largest absolute Gasteiger partial charge is 0.471 e. The molecule has 7 heteroatoms. The maximum absolute atomic E-state index is 12.4. The van der Waals surface area contributed by atoms with Gasteiger partial charge >= 0.3 is 12.1 Å². The van der Waals surface area contributed by atoms with Crippen molar-refractivity contribution >= 4 is 23.2 Å². The third-order valence-corrected chi connectivity index (χ3v) is 3.75. The van der Waals surface area contributed by atoms with Gasteiger partial charge in [0.15, 0.2) is 0 Å². The molecule has 0 bridgehead atoms. The lowest BCUT2D eigenvalue weighted by Crippen LogP contribution is -2.38. The van der Waals surface area contributed by atoms with Crippen LogP contribution in [0.3, 0.4) is 0 Å². The van der Waals surface area contributed by atoms with Crippen molar-refractivity contribution in [3.8, 4) is 0 Å². The van der Waals surface area contributed by atoms with Gasteiger partial charge in [-0.05, 0) is 44.0 Å². The molecule has 2 rings (SSSR count). The first-order valence-corrected chi connectivity index (χ1v) is 8.21. The fraction of sp³-hybridized carbons (Fsp3) is 0.368. The zero-order valence-electron chi connectivity index (χ0n) is 14.9. The quantitative estimate of drug-likeness (QED) is 0.738. The number of amides is 2. The minimum atomic E-state index is -4.91. The summed E-state index contributed by atoms with van der Waals surface area (Å²) in [5, 5.41) is 0. The molecular weight excluding hydrogens is 345 g/mol. The maximum Gasteiger partial charge on any atom is 0.471 e. The minimum absolute atomic E-state index is 0.00808. The minimum Gasteiger partial charge on any atom is -0.312 e. The molecule has 1 aromatic rings. The summed E-state index contributed by atoms with van der Waals surface area (Å²) in [6.07, 6.45) is 2.91. The molecule has 26 heavy (non-hydrogen) atoms. The predicted octanol–water partition coefficient (Wildman–Crippen LogP) is 4.48. The van der Waals surface area contributed by atoms with Crippen LogP contribution in [0.4, 0.5) is 24.5 Å². The van der Waals surface area contributed by atoms with Gasteiger partial charge in [-0.3, -0.25) is 9.59 Å². The van der Waals surface area contributed by atoms with Gasteiger partial charge in [-0.2, -0.15) is 13.2 Å². The molecule has 1 fully saturated rings. The molecular formula is C19H23F3N2O2. The normalized spacial score (nSPS) is 14.7. The summed E-state index contributed by atoms with van der Waals surface area (Å²) in [4.78, 5) is 25.1. The molecule has 0 radical (unpaired) electrons. The second-order valence-corrected chi connectivity index (χ2v) is 5.64. The zero-order chi connectivity index (χ0) is 19.7. The lowest BCUT2D eigenvalue weighted by Gasteiger charge is -2.27. The van der Waals surface area contributed by atoms with Crippen molar-refractivity contribution in [2.24, 2.45) is 0 Å². The summed E-state index contributed by atoms with van der Waals surface area (Å²) >= 11 is 0. The van der Waals surface area contributed by atoms with Crippen molar-refractivity contribution in [1.29, 1.82) is 0 Å². The average Bonchev–Trinajstić information content (AvgIpc) is 2.61. The Morgan fingerprint density at radius 3 is 2.27 bits per heavy atom. The van der Waals surface area contributed by atoms with Crippen LogP contribution < -0.4 is 9.80 Å². The number of alkyl halides is 3. The number of allylic oxidation sites excluding steroid dienone is 3. The van der Waals surface area contributed by atoms with E-state index in [0.717, 1.165) is 19.9 Å². The van der Waals surface area contributed by atoms with Crippen LogP contribution in [0.25, 0.3) is 0 Å². The smallest absolute Gasteiger partial charge is 0.312 e. The Bertz CT molecular complexity index is 652. The van der Waals surface area contributed by atoms with Crippen LogP contribution in [0.15, 0.2) is 49.1 Å². The van der Waals surface area contributed by atoms with Gasteiger partial charge in [0.1, 0.15) is 0 Å². The molecule has 2 amide bonds. The van der Waals surface area contributed by atoms with E-state index in [1.165, 1.54) is 12.1 Å². The number of piperidine rings is 1. The molecule has 0 atom stereocenters. The first kappa shape index (κ1) is 21.5. The number of hydrogen-bond acceptors (Lipinski definition) is 2. The van der Waals surface area contributed by atoms with Crippen LogP contribution in [-0.2, 0) is 9.59 Å². The van der Waals surface area contributed by atoms with Crippen LogP contribution in [0.1, 0.15) is 26.2 Å². The molecule has 0 spiro atoms. The van der Waals surface area contributed by atoms with Crippen LogP contribution in [0.5, 0.6) is 0 Å². The Labute approximate surface area is 151 Å². The fourth-order valence-electron chi connectivity index (χ4n) is 2.38. The summed E-state index contributed by atoms with van der Waals surface area (Å²) in [5.74, 6) is -1.92. The molecule has 4 nitrogen and oxygen atoms in total. The highest BCUT2D eigenvalue weighted by Crippen LogP contribution is 2.26. The van der Waals surface area contributed by atoms with Gasteiger partial charge in [0.05, 0.1) is 0 Å². The predicted molar refractivity (Wildman–Crippen MR) is 97.1 cm³/mol. The van der Waals surface area contributed by atoms with Crippen LogP contribution in [0, 0.1) is 0 Å². The Balaban J connectivity index is 0.000000597. The molecule has 1 aliphatic heterocycles. The van der Waals surface area contributed by atoms with Gasteiger partial charge in [0.25, 0.3) is 0 Å². The number of carbonyl (C=O) groups is 2. The van der Waals surface area contributed by atoms with E-state index in [9.17, 15) is 22.8 Å². The van der Waals surface area contributed by atoms with Crippen molar-refractivity contribution in [1.82, 2.24) is 0 Å². The third kappa shape index (κ3) is 6.06. The molecule has 1 saturated heterocycles. The van der Waals surface area contributed by atoms with Crippen molar-refractivity contribution < 1.29 is 22.8 Å². The Kier molecular flexibility index (Phi) is 8.09. The summed E-state index contributed by atoms with van der Waals surface area (Å²) in [6.45, 7) is 6.03. The number of anilines is 2. The molecule has 0 aromatic heterocycles. The highest BCUT2D eigenvalue weighted by atomic mass is 19.4. The van der Waals surface area contributed by atoms with Crippen LogP contribution >= 0.6 is 0 Å². The van der Waals surface area contributed by atoms with Gasteiger partial charge in [-0.1, -0.05) is 24.8 Å². The van der Waals surface area contributed by atoms with Gasteiger partial charge < -0.3 is 9.80 Å². The number of carbonyl (C=O) groups excluding carboxylic acids is 2. The molecule has 1 aliphatic rings. The summed E-state index contributed by atoms with van der Waals surface area (Å²) in [6, 6.07) is 5.92. The Morgan fingerprint density at radius 2 is 1.85 bits per heavy atom. The van der Waals surface area contributed by atoms with Crippen molar-refractivity contribution in [2.45, 2.75) is 32.4 Å². The topological polar surface area (TPSA) is 40.6 Å². The number of nitrogens with zero attached hydrogens (tertiary/aromatic N) is 2. The number of benzene rings is 1. The molecule has 1 heterocycles. The monoisotopic (exact) mass is 368 g/mol. The van der Waals surface area contributed by atoms with Gasteiger partial charge in [0, 0.05) is 31.4 Å². The van der Waals surface area contributed by atoms with Crippen molar-refractivity contribution in [2.75, 3.05) is 23.4 Å². The first-order chi connectivity index (χ1) is 12.2. The fourth-order valence-corrected chi connectivity index (χ4v) is 2.38. The van der Waals surface area contributed by atoms with E-state index >= 15 is 0 Å². The summed E-state index contributed by atoms with van der Waals surface area (Å²) in [7, 11) is 1.07. The van der Waals surface area contributed by atoms with E-state index in [0.29, 0.717) is 23.6 Å². The molecule has 1 aromatic carbocycles. The number of hydrogen-bond donors (Lipinski definition) is 0. The van der Waals surface area contributed by atoms with Gasteiger partial charge in [-0.25, -0.2) is 0 Å². The van der Waals surface area contributed by atoms with E-state index in [-0.39, 0.29) is 11.6 Å². The van der Waals surface area contributed by atoms with E-state index in [4.69, 9.17) is 0 Å². The Morgan fingerprint density at radius 1 is 1.23 bits per heavy atom. The maximum atomic E-state index is 12.4. The SMILES string of the molecule is C=C/C=C\C.CN(C(=O)C(F)(F)F)c1ccc(N2CCCCC2=O)cc1. The van der Waals surface area contributed by atoms with Crippen LogP contribution in [-0.4, -0.2) is 31.6 Å². The lowest BCUT2D eigenvalue weighted by atomic mass is 10.1. The first-order valence-electron chi connectivity index (χ1n) is 8.21. The second-order valence-electron chi connectivity index (χ2n) is 5.64. The molecule has 0 aliphatic carbocycles. The van der Waals surface area contributed by atoms with E-state index in [2.05, 4.69) is 6.58 Å². The molecule has 0 saturated carbocycles. The highest BCUT2D eigenvalue weighted by molar-refractivity contribution is 5.97. The molecule has 0 N–H and O–H groups in total. The van der Waals surface area contributed by atoms with Crippen LogP contribution in [0.2, 0.25) is 0 Å². The van der Waals surface area contributed by atoms with Gasteiger partial charge in [-0.15, -0.1) is 0 Å². The zero-order valence-corrected chi connectivity index (χ0v) is 14.9. The number of halogens is 3. The van der Waals surface area contributed by atoms with Crippen molar-refractivity contribution in [3.63, 3.8) is 0 Å². The Hall–Kier alpha value is -2.57. The summed E-state index contributed by atoms with van der Waals surface area (Å²) in [5.41, 5.74) is 0.766. The second kappa shape index (κ2) is 9.79. The highest BCUT2D eigenvalue weighted by Gasteiger charge is 2.41. The molecule has 0 unspecified atom stereocenters. The number of rotatable bonds is 3. The van der Waals surface area contributed by atoms with E-state index in [1.54, 1.807) is 23.1 Å². The summed E-state index contributed by atoms with van der Waals surface area (Å²) < 4.78 is 37.1. The third-order valence-electron chi connectivity index (χ3n) is 3.75. The lowest BCUT2D eigenvalue weighted by molar-refractivity contribution is -0.170. The average molecular weight is 368 g/mol. The van der Waals surface area contributed by atoms with E-state index in [1.807, 2.05) is 19.1 Å². The molecule has 142 valence electrons. The van der Waals surface area contributed by atoms with E-state index < -0.39 is 12.1 Å². The van der Waals surface area contributed by atoms with Crippen molar-refractivity contribution in [3.05, 3.63) is 49.1 Å². The van der Waals surface area contributed by atoms with Gasteiger partial charge in [0.2, 0.25) is 5.91 Å². The standard InChI is InChI=1S/C14H15F3N2O2.C5H8/c1-18(13(21)14(15,16)17)10-5-7-11(8-6-10)19-9-3-2-4-12(19)20;1-3-5-4-2/h5-8H,2-4,9H2,1H3;3-5H,1H2,2H3/b;5-4-.